The summed E-state index contributed by atoms with van der Waals surface area (Å²) in [5, 5.41) is 15.8. The Kier molecular flexibility index (Phi) is 3.83. The van der Waals surface area contributed by atoms with E-state index in [1.165, 1.54) is 12.8 Å². The van der Waals surface area contributed by atoms with Gasteiger partial charge in [-0.1, -0.05) is 13.8 Å². The van der Waals surface area contributed by atoms with Crippen LogP contribution in [0, 0.1) is 16.7 Å². The van der Waals surface area contributed by atoms with E-state index in [9.17, 15) is 0 Å². The third-order valence-electron chi connectivity index (χ3n) is 3.73. The van der Waals surface area contributed by atoms with Crippen LogP contribution in [0.25, 0.3) is 0 Å². The van der Waals surface area contributed by atoms with Crippen LogP contribution in [0.4, 0.5) is 5.82 Å². The average Bonchev–Trinajstić information content (AvgIpc) is 2.37. The maximum Gasteiger partial charge on any atom is 0.143 e. The third kappa shape index (κ3) is 2.80. The number of nitriles is 1. The summed E-state index contributed by atoms with van der Waals surface area (Å²) < 4.78 is 0. The number of nitrogens with one attached hydrogen (secondary N) is 2. The van der Waals surface area contributed by atoms with Crippen LogP contribution in [-0.4, -0.2) is 24.1 Å². The standard InChI is InChI=1S/C14H20N4/c1-14(2)6-4-8-16-12(14)10-18-13-11(9-15)5-3-7-17-13/h3,5,7,12,16H,4,6,8,10H2,1-2H3,(H,17,18). The van der Waals surface area contributed by atoms with Crippen molar-refractivity contribution in [3.8, 4) is 6.07 Å². The predicted octanol–water partition coefficient (Wildman–Crippen LogP) is 2.14. The molecule has 0 spiro atoms. The van der Waals surface area contributed by atoms with E-state index in [2.05, 4.69) is 35.5 Å². The SMILES string of the molecule is CC1(C)CCCNC1CNc1ncccc1C#N. The summed E-state index contributed by atoms with van der Waals surface area (Å²) in [4.78, 5) is 4.22. The van der Waals surface area contributed by atoms with Crippen LogP contribution < -0.4 is 10.6 Å². The summed E-state index contributed by atoms with van der Waals surface area (Å²) in [6.45, 7) is 6.45. The molecule has 0 saturated carbocycles. The fraction of sp³-hybridized carbons (Fsp3) is 0.571. The maximum absolute atomic E-state index is 9.01. The minimum atomic E-state index is 0.285. The largest absolute Gasteiger partial charge is 0.367 e. The Morgan fingerprint density at radius 3 is 3.17 bits per heavy atom. The van der Waals surface area contributed by atoms with Gasteiger partial charge in [-0.25, -0.2) is 4.98 Å². The van der Waals surface area contributed by atoms with E-state index in [0.717, 1.165) is 13.1 Å². The molecule has 96 valence electrons. The minimum Gasteiger partial charge on any atom is -0.367 e. The normalized spacial score (nSPS) is 22.2. The summed E-state index contributed by atoms with van der Waals surface area (Å²) in [6, 6.07) is 6.15. The lowest BCUT2D eigenvalue weighted by atomic mass is 9.77. The number of hydrogen-bond donors (Lipinski definition) is 2. The second kappa shape index (κ2) is 5.36. The predicted molar refractivity (Wildman–Crippen MR) is 72.2 cm³/mol. The first-order valence-electron chi connectivity index (χ1n) is 6.46. The molecule has 18 heavy (non-hydrogen) atoms. The van der Waals surface area contributed by atoms with Crippen molar-refractivity contribution < 1.29 is 0 Å². The molecule has 1 aromatic heterocycles. The molecule has 2 N–H and O–H groups in total. The molecule has 4 nitrogen and oxygen atoms in total. The zero-order chi connectivity index (χ0) is 13.0. The first kappa shape index (κ1) is 12.8. The van der Waals surface area contributed by atoms with E-state index in [1.807, 2.05) is 0 Å². The summed E-state index contributed by atoms with van der Waals surface area (Å²) in [6.07, 6.45) is 4.18. The molecule has 0 amide bonds. The van der Waals surface area contributed by atoms with Crippen molar-refractivity contribution in [2.24, 2.45) is 5.41 Å². The molecule has 0 aromatic carbocycles. The molecular formula is C14H20N4. The van der Waals surface area contributed by atoms with E-state index in [1.54, 1.807) is 18.3 Å². The van der Waals surface area contributed by atoms with Gasteiger partial charge in [0.25, 0.3) is 0 Å². The van der Waals surface area contributed by atoms with E-state index in [4.69, 9.17) is 5.26 Å². The molecule has 2 heterocycles. The van der Waals surface area contributed by atoms with E-state index < -0.39 is 0 Å². The molecule has 1 atom stereocenters. The van der Waals surface area contributed by atoms with Gasteiger partial charge in [0.2, 0.25) is 0 Å². The van der Waals surface area contributed by atoms with Gasteiger partial charge in [-0.15, -0.1) is 0 Å². The Balaban J connectivity index is 2.01. The van der Waals surface area contributed by atoms with Gasteiger partial charge in [0.15, 0.2) is 0 Å². The van der Waals surface area contributed by atoms with Crippen LogP contribution in [0.2, 0.25) is 0 Å². The molecule has 1 aliphatic heterocycles. The number of piperidine rings is 1. The fourth-order valence-electron chi connectivity index (χ4n) is 2.45. The topological polar surface area (TPSA) is 60.7 Å². The Hall–Kier alpha value is -1.60. The third-order valence-corrected chi connectivity index (χ3v) is 3.73. The van der Waals surface area contributed by atoms with Crippen molar-refractivity contribution in [1.82, 2.24) is 10.3 Å². The van der Waals surface area contributed by atoms with Gasteiger partial charge in [0, 0.05) is 18.8 Å². The fourth-order valence-corrected chi connectivity index (χ4v) is 2.45. The van der Waals surface area contributed by atoms with E-state index >= 15 is 0 Å². The van der Waals surface area contributed by atoms with E-state index in [-0.39, 0.29) is 5.41 Å². The second-order valence-corrected chi connectivity index (χ2v) is 5.49. The number of anilines is 1. The summed E-state index contributed by atoms with van der Waals surface area (Å²) in [5.41, 5.74) is 0.887. The minimum absolute atomic E-state index is 0.285. The molecule has 4 heteroatoms. The molecular weight excluding hydrogens is 224 g/mol. The van der Waals surface area contributed by atoms with Gasteiger partial charge in [-0.05, 0) is 36.9 Å². The smallest absolute Gasteiger partial charge is 0.143 e. The Morgan fingerprint density at radius 2 is 2.44 bits per heavy atom. The molecule has 1 aromatic rings. The molecule has 2 rings (SSSR count). The van der Waals surface area contributed by atoms with Gasteiger partial charge in [0.1, 0.15) is 11.9 Å². The van der Waals surface area contributed by atoms with Crippen molar-refractivity contribution in [1.29, 1.82) is 5.26 Å². The Labute approximate surface area is 108 Å². The highest BCUT2D eigenvalue weighted by Crippen LogP contribution is 2.30. The van der Waals surface area contributed by atoms with Crippen molar-refractivity contribution in [2.45, 2.75) is 32.7 Å². The average molecular weight is 244 g/mol. The summed E-state index contributed by atoms with van der Waals surface area (Å²) in [7, 11) is 0. The quantitative estimate of drug-likeness (QED) is 0.855. The molecule has 1 saturated heterocycles. The highest BCUT2D eigenvalue weighted by Gasteiger charge is 2.31. The van der Waals surface area contributed by atoms with Crippen molar-refractivity contribution in [3.63, 3.8) is 0 Å². The van der Waals surface area contributed by atoms with Crippen molar-refractivity contribution in [2.75, 3.05) is 18.4 Å². The lowest BCUT2D eigenvalue weighted by molar-refractivity contribution is 0.188. The number of pyridine rings is 1. The first-order valence-corrected chi connectivity index (χ1v) is 6.46. The summed E-state index contributed by atoms with van der Waals surface area (Å²) >= 11 is 0. The highest BCUT2D eigenvalue weighted by molar-refractivity contribution is 5.51. The van der Waals surface area contributed by atoms with Crippen LogP contribution in [0.1, 0.15) is 32.3 Å². The molecule has 0 bridgehead atoms. The number of aromatic nitrogens is 1. The van der Waals surface area contributed by atoms with Crippen molar-refractivity contribution in [3.05, 3.63) is 23.9 Å². The van der Waals surface area contributed by atoms with Crippen LogP contribution in [0.3, 0.4) is 0 Å². The van der Waals surface area contributed by atoms with E-state index in [0.29, 0.717) is 17.4 Å². The van der Waals surface area contributed by atoms with Crippen LogP contribution in [0.5, 0.6) is 0 Å². The lowest BCUT2D eigenvalue weighted by Crippen LogP contribution is -2.50. The van der Waals surface area contributed by atoms with Gasteiger partial charge in [-0.2, -0.15) is 5.26 Å². The lowest BCUT2D eigenvalue weighted by Gasteiger charge is -2.39. The van der Waals surface area contributed by atoms with Crippen LogP contribution >= 0.6 is 0 Å². The molecule has 1 fully saturated rings. The van der Waals surface area contributed by atoms with Crippen LogP contribution in [-0.2, 0) is 0 Å². The maximum atomic E-state index is 9.01. The Bertz CT molecular complexity index is 447. The van der Waals surface area contributed by atoms with Gasteiger partial charge in [-0.3, -0.25) is 0 Å². The Morgan fingerprint density at radius 1 is 1.61 bits per heavy atom. The highest BCUT2D eigenvalue weighted by atomic mass is 15.0. The molecule has 1 aliphatic rings. The van der Waals surface area contributed by atoms with Gasteiger partial charge in [0.05, 0.1) is 5.56 Å². The number of rotatable bonds is 3. The van der Waals surface area contributed by atoms with Gasteiger partial charge >= 0.3 is 0 Å². The van der Waals surface area contributed by atoms with Crippen molar-refractivity contribution >= 4 is 5.82 Å². The molecule has 1 unspecified atom stereocenters. The second-order valence-electron chi connectivity index (χ2n) is 5.49. The summed E-state index contributed by atoms with van der Waals surface area (Å²) in [5.74, 6) is 0.683. The zero-order valence-electron chi connectivity index (χ0n) is 11.0. The van der Waals surface area contributed by atoms with Crippen LogP contribution in [0.15, 0.2) is 18.3 Å². The number of hydrogen-bond acceptors (Lipinski definition) is 4. The first-order chi connectivity index (χ1) is 8.63. The number of nitrogens with zero attached hydrogens (tertiary/aromatic N) is 2. The zero-order valence-corrected chi connectivity index (χ0v) is 11.0. The molecule has 0 radical (unpaired) electrons. The van der Waals surface area contributed by atoms with Gasteiger partial charge < -0.3 is 10.6 Å². The molecule has 0 aliphatic carbocycles. The monoisotopic (exact) mass is 244 g/mol.